The van der Waals surface area contributed by atoms with Gasteiger partial charge >= 0.3 is 0 Å². The third-order valence-corrected chi connectivity index (χ3v) is 6.76. The number of benzene rings is 3. The van der Waals surface area contributed by atoms with Gasteiger partial charge in [0.05, 0.1) is 23.6 Å². The van der Waals surface area contributed by atoms with E-state index in [2.05, 4.69) is 15.9 Å². The van der Waals surface area contributed by atoms with Crippen LogP contribution in [0, 0.1) is 0 Å². The summed E-state index contributed by atoms with van der Waals surface area (Å²) in [7, 11) is 0. The van der Waals surface area contributed by atoms with E-state index in [9.17, 15) is 9.59 Å². The van der Waals surface area contributed by atoms with Crippen LogP contribution in [-0.2, 0) is 6.54 Å². The van der Waals surface area contributed by atoms with Crippen LogP contribution in [0.25, 0.3) is 11.0 Å². The van der Waals surface area contributed by atoms with Gasteiger partial charge in [-0.25, -0.2) is 0 Å². The summed E-state index contributed by atoms with van der Waals surface area (Å²) in [5.74, 6) is 0.471. The highest BCUT2D eigenvalue weighted by Gasteiger charge is 2.42. The second-order valence-corrected chi connectivity index (χ2v) is 9.48. The third-order valence-electron chi connectivity index (χ3n) is 5.89. The minimum absolute atomic E-state index is 0.0724. The van der Waals surface area contributed by atoms with Gasteiger partial charge < -0.3 is 14.1 Å². The van der Waals surface area contributed by atoms with Gasteiger partial charge in [-0.2, -0.15) is 0 Å². The van der Waals surface area contributed by atoms with Gasteiger partial charge in [-0.3, -0.25) is 9.59 Å². The van der Waals surface area contributed by atoms with Crippen molar-refractivity contribution in [2.75, 3.05) is 6.61 Å². The minimum Gasteiger partial charge on any atom is -0.494 e. The number of hydrogen-bond acceptors (Lipinski definition) is 4. The van der Waals surface area contributed by atoms with Crippen molar-refractivity contribution in [2.24, 2.45) is 0 Å². The number of halogens is 2. The highest BCUT2D eigenvalue weighted by atomic mass is 79.9. The van der Waals surface area contributed by atoms with E-state index in [0.717, 1.165) is 27.8 Å². The second kappa shape index (κ2) is 9.28. The molecule has 1 atom stereocenters. The summed E-state index contributed by atoms with van der Waals surface area (Å²) >= 11 is 9.84. The maximum atomic E-state index is 13.7. The molecule has 0 saturated heterocycles. The first-order chi connectivity index (χ1) is 16.5. The van der Waals surface area contributed by atoms with Crippen molar-refractivity contribution in [3.05, 3.63) is 109 Å². The molecule has 1 unspecified atom stereocenters. The molecule has 0 saturated carbocycles. The van der Waals surface area contributed by atoms with E-state index < -0.39 is 6.04 Å². The summed E-state index contributed by atoms with van der Waals surface area (Å²) < 4.78 is 12.5. The normalized spacial score (nSPS) is 15.1. The number of carbonyl (C=O) groups is 1. The number of nitrogens with zero attached hydrogens (tertiary/aromatic N) is 1. The molecule has 0 radical (unpaired) electrons. The molecule has 1 aliphatic heterocycles. The molecule has 1 amide bonds. The Kier molecular flexibility index (Phi) is 6.19. The van der Waals surface area contributed by atoms with Crippen molar-refractivity contribution in [3.63, 3.8) is 0 Å². The predicted molar refractivity (Wildman–Crippen MR) is 136 cm³/mol. The first kappa shape index (κ1) is 22.7. The fraction of sp³-hybridized carbons (Fsp3) is 0.185. The van der Waals surface area contributed by atoms with Gasteiger partial charge in [-0.05, 0) is 53.9 Å². The summed E-state index contributed by atoms with van der Waals surface area (Å²) in [5.41, 5.74) is 2.08. The standard InChI is InChI=1S/C27H21BrClNO4/c1-2-13-33-19-10-7-16(8-11-19)24-23-25(31)20-14-18(28)9-12-22(20)34-26(23)27(32)30(24)15-17-5-3-4-6-21(17)29/h3-12,14,24H,2,13,15H2,1H3. The van der Waals surface area contributed by atoms with Gasteiger partial charge in [0.2, 0.25) is 5.76 Å². The van der Waals surface area contributed by atoms with Crippen LogP contribution in [0.3, 0.4) is 0 Å². The van der Waals surface area contributed by atoms with Crippen LogP contribution in [0.2, 0.25) is 5.02 Å². The van der Waals surface area contributed by atoms with E-state index in [1.165, 1.54) is 0 Å². The van der Waals surface area contributed by atoms with E-state index in [1.807, 2.05) is 49.4 Å². The number of fused-ring (bicyclic) bond motifs is 2. The van der Waals surface area contributed by atoms with E-state index in [-0.39, 0.29) is 23.6 Å². The van der Waals surface area contributed by atoms with Crippen LogP contribution in [0.4, 0.5) is 0 Å². The van der Waals surface area contributed by atoms with E-state index in [0.29, 0.717) is 28.2 Å². The number of carbonyl (C=O) groups excluding carboxylic acids is 1. The molecule has 5 nitrogen and oxygen atoms in total. The van der Waals surface area contributed by atoms with Crippen molar-refractivity contribution in [1.82, 2.24) is 4.90 Å². The zero-order chi connectivity index (χ0) is 23.8. The molecule has 2 heterocycles. The first-order valence-corrected chi connectivity index (χ1v) is 12.2. The Morgan fingerprint density at radius 3 is 2.56 bits per heavy atom. The molecule has 4 aromatic rings. The molecule has 0 fully saturated rings. The molecule has 0 bridgehead atoms. The van der Waals surface area contributed by atoms with Gasteiger partial charge in [0.25, 0.3) is 5.91 Å². The lowest BCUT2D eigenvalue weighted by molar-refractivity contribution is 0.0714. The average molecular weight is 539 g/mol. The van der Waals surface area contributed by atoms with Crippen LogP contribution in [0.15, 0.2) is 80.4 Å². The largest absolute Gasteiger partial charge is 0.494 e. The van der Waals surface area contributed by atoms with Crippen molar-refractivity contribution < 1.29 is 13.9 Å². The number of rotatable bonds is 6. The van der Waals surface area contributed by atoms with Gasteiger partial charge in [-0.15, -0.1) is 0 Å². The van der Waals surface area contributed by atoms with Crippen LogP contribution >= 0.6 is 27.5 Å². The SMILES string of the molecule is CCCOc1ccc(C2c3c(oc4ccc(Br)cc4c3=O)C(=O)N2Cc2ccccc2Cl)cc1. The molecular weight excluding hydrogens is 518 g/mol. The molecule has 0 N–H and O–H groups in total. The number of ether oxygens (including phenoxy) is 1. The third kappa shape index (κ3) is 4.01. The Morgan fingerprint density at radius 1 is 1.06 bits per heavy atom. The van der Waals surface area contributed by atoms with Crippen molar-refractivity contribution >= 4 is 44.4 Å². The van der Waals surface area contributed by atoms with Gasteiger partial charge in [0, 0.05) is 16.0 Å². The summed E-state index contributed by atoms with van der Waals surface area (Å²) in [4.78, 5) is 28.9. The van der Waals surface area contributed by atoms with Crippen LogP contribution in [0.5, 0.6) is 5.75 Å². The fourth-order valence-corrected chi connectivity index (χ4v) is 4.84. The molecule has 172 valence electrons. The summed E-state index contributed by atoms with van der Waals surface area (Å²) in [5, 5.41) is 0.982. The molecule has 34 heavy (non-hydrogen) atoms. The lowest BCUT2D eigenvalue weighted by Gasteiger charge is -2.25. The quantitative estimate of drug-likeness (QED) is 0.273. The molecule has 1 aliphatic rings. The van der Waals surface area contributed by atoms with Gasteiger partial charge in [0.1, 0.15) is 11.3 Å². The maximum absolute atomic E-state index is 13.7. The monoisotopic (exact) mass is 537 g/mol. The van der Waals surface area contributed by atoms with Gasteiger partial charge in [0.15, 0.2) is 5.43 Å². The Hall–Kier alpha value is -3.09. The van der Waals surface area contributed by atoms with Crippen LogP contribution in [0.1, 0.15) is 46.6 Å². The second-order valence-electron chi connectivity index (χ2n) is 8.16. The molecule has 1 aromatic heterocycles. The summed E-state index contributed by atoms with van der Waals surface area (Å²) in [6.45, 7) is 2.90. The molecular formula is C27H21BrClNO4. The zero-order valence-corrected chi connectivity index (χ0v) is 20.7. The Balaban J connectivity index is 1.67. The van der Waals surface area contributed by atoms with Crippen molar-refractivity contribution in [2.45, 2.75) is 25.9 Å². The Bertz CT molecular complexity index is 1450. The molecule has 3 aromatic carbocycles. The minimum atomic E-state index is -0.612. The van der Waals surface area contributed by atoms with E-state index in [1.54, 1.807) is 29.2 Å². The number of hydrogen-bond donors (Lipinski definition) is 0. The summed E-state index contributed by atoms with van der Waals surface area (Å²) in [6, 6.07) is 19.5. The highest BCUT2D eigenvalue weighted by Crippen LogP contribution is 2.40. The van der Waals surface area contributed by atoms with E-state index >= 15 is 0 Å². The zero-order valence-electron chi connectivity index (χ0n) is 18.4. The maximum Gasteiger partial charge on any atom is 0.291 e. The highest BCUT2D eigenvalue weighted by molar-refractivity contribution is 9.10. The Labute approximate surface area is 210 Å². The van der Waals surface area contributed by atoms with Crippen LogP contribution in [-0.4, -0.2) is 17.4 Å². The molecule has 0 spiro atoms. The molecule has 0 aliphatic carbocycles. The lowest BCUT2D eigenvalue weighted by atomic mass is 9.98. The average Bonchev–Trinajstić information content (AvgIpc) is 3.12. The van der Waals surface area contributed by atoms with Crippen LogP contribution < -0.4 is 10.2 Å². The Morgan fingerprint density at radius 2 is 1.82 bits per heavy atom. The van der Waals surface area contributed by atoms with Crippen molar-refractivity contribution in [3.8, 4) is 5.75 Å². The summed E-state index contributed by atoms with van der Waals surface area (Å²) in [6.07, 6.45) is 0.904. The molecule has 7 heteroatoms. The lowest BCUT2D eigenvalue weighted by Crippen LogP contribution is -2.29. The van der Waals surface area contributed by atoms with Gasteiger partial charge in [-0.1, -0.05) is 64.8 Å². The topological polar surface area (TPSA) is 59.8 Å². The van der Waals surface area contributed by atoms with Crippen molar-refractivity contribution in [1.29, 1.82) is 0 Å². The smallest absolute Gasteiger partial charge is 0.291 e. The molecule has 5 rings (SSSR count). The fourth-order valence-electron chi connectivity index (χ4n) is 4.28. The first-order valence-electron chi connectivity index (χ1n) is 11.0. The van der Waals surface area contributed by atoms with E-state index in [4.69, 9.17) is 20.8 Å². The number of amides is 1. The predicted octanol–water partition coefficient (Wildman–Crippen LogP) is 6.74.